The number of likely N-dealkylation sites (tertiary alicyclic amines) is 1. The number of nitrogens with two attached hydrogens (primary N) is 1. The van der Waals surface area contributed by atoms with Gasteiger partial charge in [0.25, 0.3) is 0 Å². The van der Waals surface area contributed by atoms with Crippen molar-refractivity contribution in [2.75, 3.05) is 6.54 Å². The van der Waals surface area contributed by atoms with E-state index in [1.54, 1.807) is 17.0 Å². The maximum atomic E-state index is 13.6. The number of benzene rings is 2. The van der Waals surface area contributed by atoms with Gasteiger partial charge in [0.2, 0.25) is 17.7 Å². The number of carbonyl (C=O) groups is 3. The van der Waals surface area contributed by atoms with E-state index in [1.165, 1.54) is 6.07 Å². The smallest absolute Gasteiger partial charge is 0.245 e. The third kappa shape index (κ3) is 7.79. The molecule has 1 fully saturated rings. The second-order valence-electron chi connectivity index (χ2n) is 10.7. The zero-order chi connectivity index (χ0) is 27.8. The van der Waals surface area contributed by atoms with Crippen molar-refractivity contribution in [2.45, 2.75) is 71.9 Å². The summed E-state index contributed by atoms with van der Waals surface area (Å²) in [5.74, 6) is -2.25. The van der Waals surface area contributed by atoms with Gasteiger partial charge in [0.1, 0.15) is 11.9 Å². The monoisotopic (exact) mass is 543 g/mol. The van der Waals surface area contributed by atoms with Crippen molar-refractivity contribution in [3.63, 3.8) is 0 Å². The first-order valence-corrected chi connectivity index (χ1v) is 13.9. The number of amides is 3. The Labute approximate surface area is 230 Å². The Morgan fingerprint density at radius 3 is 2.53 bits per heavy atom. The van der Waals surface area contributed by atoms with Gasteiger partial charge in [-0.1, -0.05) is 63.1 Å². The molecule has 38 heavy (non-hydrogen) atoms. The van der Waals surface area contributed by atoms with Gasteiger partial charge >= 0.3 is 0 Å². The molecule has 1 aliphatic heterocycles. The Morgan fingerprint density at radius 2 is 1.87 bits per heavy atom. The fourth-order valence-electron chi connectivity index (χ4n) is 5.23. The van der Waals surface area contributed by atoms with Gasteiger partial charge < -0.3 is 16.0 Å². The molecule has 206 valence electrons. The lowest BCUT2D eigenvalue weighted by atomic mass is 9.81. The molecule has 0 radical (unpaired) electrons. The SMILES string of the molecule is CCC[C@H](C(N)=O)C(CC(C)C)C(=O)N[C@H]1CCCCN(Cc2cccc(-c3ccc(F)c(Cl)c3)c2)C1=O. The average molecular weight is 544 g/mol. The molecule has 0 spiro atoms. The topological polar surface area (TPSA) is 92.5 Å². The van der Waals surface area contributed by atoms with E-state index in [0.29, 0.717) is 32.4 Å². The predicted molar refractivity (Wildman–Crippen MR) is 149 cm³/mol. The van der Waals surface area contributed by atoms with Gasteiger partial charge in [-0.2, -0.15) is 0 Å². The first-order valence-electron chi connectivity index (χ1n) is 13.5. The highest BCUT2D eigenvalue weighted by Gasteiger charge is 2.35. The highest BCUT2D eigenvalue weighted by atomic mass is 35.5. The van der Waals surface area contributed by atoms with Gasteiger partial charge in [-0.3, -0.25) is 14.4 Å². The maximum absolute atomic E-state index is 13.6. The minimum Gasteiger partial charge on any atom is -0.369 e. The van der Waals surface area contributed by atoms with Crippen molar-refractivity contribution in [1.29, 1.82) is 0 Å². The third-order valence-electron chi connectivity index (χ3n) is 7.16. The summed E-state index contributed by atoms with van der Waals surface area (Å²) in [6, 6.07) is 11.7. The van der Waals surface area contributed by atoms with E-state index in [4.69, 9.17) is 17.3 Å². The number of halogens is 2. The standard InChI is InChI=1S/C30H39ClFN3O3/c1-4-8-23(28(33)36)24(15-19(2)3)29(37)34-27-11-5-6-14-35(30(27)38)18-20-9-7-10-21(16-20)22-12-13-26(32)25(31)17-22/h7,9-10,12-13,16-17,19,23-24,27H,4-6,8,11,14-15,18H2,1-3H3,(H2,33,36)(H,34,37)/t23-,24?,27-/m0/s1. The summed E-state index contributed by atoms with van der Waals surface area (Å²) >= 11 is 5.97. The van der Waals surface area contributed by atoms with E-state index < -0.39 is 29.6 Å². The van der Waals surface area contributed by atoms with Gasteiger partial charge in [0.15, 0.2) is 0 Å². The molecule has 2 aromatic rings. The van der Waals surface area contributed by atoms with E-state index in [9.17, 15) is 18.8 Å². The van der Waals surface area contributed by atoms with E-state index in [1.807, 2.05) is 45.0 Å². The molecule has 3 amide bonds. The van der Waals surface area contributed by atoms with Crippen LogP contribution in [0, 0.1) is 23.6 Å². The summed E-state index contributed by atoms with van der Waals surface area (Å²) in [5, 5.41) is 3.04. The van der Waals surface area contributed by atoms with Crippen LogP contribution < -0.4 is 11.1 Å². The van der Waals surface area contributed by atoms with Crippen molar-refractivity contribution in [3.05, 3.63) is 58.9 Å². The zero-order valence-corrected chi connectivity index (χ0v) is 23.3. The average Bonchev–Trinajstić information content (AvgIpc) is 3.04. The fourth-order valence-corrected chi connectivity index (χ4v) is 5.42. The van der Waals surface area contributed by atoms with Crippen LogP contribution in [0.4, 0.5) is 4.39 Å². The van der Waals surface area contributed by atoms with Crippen LogP contribution in [0.3, 0.4) is 0 Å². The molecule has 1 unspecified atom stereocenters. The first kappa shape index (κ1) is 29.6. The molecular formula is C30H39ClFN3O3. The van der Waals surface area contributed by atoms with Crippen LogP contribution in [0.15, 0.2) is 42.5 Å². The van der Waals surface area contributed by atoms with Gasteiger partial charge in [0.05, 0.1) is 5.02 Å². The summed E-state index contributed by atoms with van der Waals surface area (Å²) in [6.45, 7) is 6.97. The second kappa shape index (κ2) is 13.7. The van der Waals surface area contributed by atoms with E-state index >= 15 is 0 Å². The summed E-state index contributed by atoms with van der Waals surface area (Å²) < 4.78 is 13.6. The second-order valence-corrected chi connectivity index (χ2v) is 11.1. The molecule has 0 aliphatic carbocycles. The van der Waals surface area contributed by atoms with Crippen LogP contribution in [0.1, 0.15) is 64.9 Å². The van der Waals surface area contributed by atoms with Crippen molar-refractivity contribution >= 4 is 29.3 Å². The molecule has 1 saturated heterocycles. The number of nitrogens with one attached hydrogen (secondary N) is 1. The number of hydrogen-bond acceptors (Lipinski definition) is 3. The summed E-state index contributed by atoms with van der Waals surface area (Å²) in [5.41, 5.74) is 8.27. The lowest BCUT2D eigenvalue weighted by molar-refractivity contribution is -0.139. The lowest BCUT2D eigenvalue weighted by Gasteiger charge is -2.29. The summed E-state index contributed by atoms with van der Waals surface area (Å²) in [4.78, 5) is 40.9. The first-order chi connectivity index (χ1) is 18.1. The lowest BCUT2D eigenvalue weighted by Crippen LogP contribution is -2.50. The Kier molecular flexibility index (Phi) is 10.7. The van der Waals surface area contributed by atoms with Crippen LogP contribution in [-0.2, 0) is 20.9 Å². The molecule has 1 heterocycles. The normalized spacial score (nSPS) is 17.7. The van der Waals surface area contributed by atoms with Crippen molar-refractivity contribution in [2.24, 2.45) is 23.5 Å². The highest BCUT2D eigenvalue weighted by Crippen LogP contribution is 2.28. The molecule has 8 heteroatoms. The fraction of sp³-hybridized carbons (Fsp3) is 0.500. The molecule has 6 nitrogen and oxygen atoms in total. The van der Waals surface area contributed by atoms with Crippen LogP contribution in [0.25, 0.3) is 11.1 Å². The third-order valence-corrected chi connectivity index (χ3v) is 7.45. The maximum Gasteiger partial charge on any atom is 0.245 e. The van der Waals surface area contributed by atoms with Crippen molar-refractivity contribution in [1.82, 2.24) is 10.2 Å². The summed E-state index contributed by atoms with van der Waals surface area (Å²) in [7, 11) is 0. The molecule has 0 saturated carbocycles. The predicted octanol–water partition coefficient (Wildman–Crippen LogP) is 5.71. The van der Waals surface area contributed by atoms with Gasteiger partial charge in [-0.15, -0.1) is 0 Å². The molecule has 0 bridgehead atoms. The molecule has 3 rings (SSSR count). The number of primary amides is 1. The minimum absolute atomic E-state index is 0.0578. The molecule has 3 atom stereocenters. The highest BCUT2D eigenvalue weighted by molar-refractivity contribution is 6.31. The van der Waals surface area contributed by atoms with E-state index in [2.05, 4.69) is 5.32 Å². The number of nitrogens with zero attached hydrogens (tertiary/aromatic N) is 1. The van der Waals surface area contributed by atoms with E-state index in [0.717, 1.165) is 36.0 Å². The van der Waals surface area contributed by atoms with Crippen LogP contribution in [0.2, 0.25) is 5.02 Å². The van der Waals surface area contributed by atoms with Gasteiger partial charge in [0, 0.05) is 24.9 Å². The number of carbonyl (C=O) groups excluding carboxylic acids is 3. The Hall–Kier alpha value is -2.93. The molecule has 2 aromatic carbocycles. The Morgan fingerprint density at radius 1 is 1.13 bits per heavy atom. The quantitative estimate of drug-likeness (QED) is 0.380. The summed E-state index contributed by atoms with van der Waals surface area (Å²) in [6.07, 6.45) is 4.02. The molecule has 0 aromatic heterocycles. The molecule has 1 aliphatic rings. The largest absolute Gasteiger partial charge is 0.369 e. The Bertz CT molecular complexity index is 1140. The Balaban J connectivity index is 1.76. The van der Waals surface area contributed by atoms with Crippen molar-refractivity contribution in [3.8, 4) is 11.1 Å². The number of hydrogen-bond donors (Lipinski definition) is 2. The van der Waals surface area contributed by atoms with Gasteiger partial charge in [-0.05, 0) is 72.9 Å². The molecular weight excluding hydrogens is 505 g/mol. The minimum atomic E-state index is -0.645. The zero-order valence-electron chi connectivity index (χ0n) is 22.5. The van der Waals surface area contributed by atoms with E-state index in [-0.39, 0.29) is 22.8 Å². The van der Waals surface area contributed by atoms with Crippen molar-refractivity contribution < 1.29 is 18.8 Å². The number of rotatable bonds is 11. The van der Waals surface area contributed by atoms with Gasteiger partial charge in [-0.25, -0.2) is 4.39 Å². The van der Waals surface area contributed by atoms with Crippen LogP contribution in [-0.4, -0.2) is 35.2 Å². The van der Waals surface area contributed by atoms with Crippen LogP contribution in [0.5, 0.6) is 0 Å². The van der Waals surface area contributed by atoms with Crippen LogP contribution >= 0.6 is 11.6 Å². The molecule has 3 N–H and O–H groups in total.